The molecular formula is C17H24N2O. The Bertz CT molecular complexity index is 449. The van der Waals surface area contributed by atoms with Crippen molar-refractivity contribution in [2.24, 2.45) is 0 Å². The average Bonchev–Trinajstić information content (AvgIpc) is 2.49. The first kappa shape index (κ1) is 14.8. The van der Waals surface area contributed by atoms with Gasteiger partial charge in [-0.25, -0.2) is 0 Å². The Labute approximate surface area is 121 Å². The number of piperidine rings is 1. The van der Waals surface area contributed by atoms with Crippen molar-refractivity contribution in [3.8, 4) is 0 Å². The van der Waals surface area contributed by atoms with Crippen molar-refractivity contribution in [3.05, 3.63) is 48.6 Å². The SMILES string of the molecule is C=CCC(C)NC(=O)C1(c2ccccc2)CCNCC1. The lowest BCUT2D eigenvalue weighted by Gasteiger charge is -2.37. The first-order valence-electron chi connectivity index (χ1n) is 7.37. The van der Waals surface area contributed by atoms with E-state index in [0.717, 1.165) is 37.9 Å². The van der Waals surface area contributed by atoms with E-state index in [1.54, 1.807) is 0 Å². The van der Waals surface area contributed by atoms with Crippen LogP contribution in [0.15, 0.2) is 43.0 Å². The molecule has 108 valence electrons. The van der Waals surface area contributed by atoms with E-state index < -0.39 is 0 Å². The zero-order valence-corrected chi connectivity index (χ0v) is 12.2. The van der Waals surface area contributed by atoms with Crippen molar-refractivity contribution in [2.75, 3.05) is 13.1 Å². The van der Waals surface area contributed by atoms with Gasteiger partial charge >= 0.3 is 0 Å². The number of hydrogen-bond donors (Lipinski definition) is 2. The van der Waals surface area contributed by atoms with Gasteiger partial charge in [0.25, 0.3) is 0 Å². The molecule has 20 heavy (non-hydrogen) atoms. The van der Waals surface area contributed by atoms with Crippen LogP contribution >= 0.6 is 0 Å². The summed E-state index contributed by atoms with van der Waals surface area (Å²) in [6, 6.07) is 10.3. The fourth-order valence-corrected chi connectivity index (χ4v) is 2.93. The number of nitrogens with one attached hydrogen (secondary N) is 2. The molecule has 0 saturated carbocycles. The van der Waals surface area contributed by atoms with E-state index in [2.05, 4.69) is 29.3 Å². The van der Waals surface area contributed by atoms with Crippen molar-refractivity contribution in [2.45, 2.75) is 37.6 Å². The van der Waals surface area contributed by atoms with Crippen LogP contribution in [0.2, 0.25) is 0 Å². The van der Waals surface area contributed by atoms with E-state index in [4.69, 9.17) is 0 Å². The molecule has 0 spiro atoms. The minimum Gasteiger partial charge on any atom is -0.353 e. The average molecular weight is 272 g/mol. The number of amides is 1. The molecule has 1 saturated heterocycles. The summed E-state index contributed by atoms with van der Waals surface area (Å²) >= 11 is 0. The van der Waals surface area contributed by atoms with E-state index in [0.29, 0.717) is 0 Å². The maximum Gasteiger partial charge on any atom is 0.230 e. The maximum absolute atomic E-state index is 12.8. The smallest absolute Gasteiger partial charge is 0.230 e. The molecule has 1 atom stereocenters. The zero-order chi connectivity index (χ0) is 14.4. The molecule has 2 N–H and O–H groups in total. The highest BCUT2D eigenvalue weighted by molar-refractivity contribution is 5.88. The Hall–Kier alpha value is -1.61. The van der Waals surface area contributed by atoms with E-state index in [1.807, 2.05) is 31.2 Å². The van der Waals surface area contributed by atoms with Gasteiger partial charge in [0, 0.05) is 6.04 Å². The number of rotatable bonds is 5. The summed E-state index contributed by atoms with van der Waals surface area (Å²) in [6.07, 6.45) is 4.35. The van der Waals surface area contributed by atoms with Gasteiger partial charge in [0.05, 0.1) is 5.41 Å². The summed E-state index contributed by atoms with van der Waals surface area (Å²) in [4.78, 5) is 12.8. The van der Waals surface area contributed by atoms with Gasteiger partial charge in [-0.05, 0) is 44.8 Å². The topological polar surface area (TPSA) is 41.1 Å². The van der Waals surface area contributed by atoms with Gasteiger partial charge in [0.1, 0.15) is 0 Å². The second-order valence-electron chi connectivity index (χ2n) is 5.60. The molecule has 1 aliphatic rings. The normalized spacial score (nSPS) is 19.1. The highest BCUT2D eigenvalue weighted by atomic mass is 16.2. The molecule has 0 aromatic heterocycles. The van der Waals surface area contributed by atoms with Gasteiger partial charge in [0.2, 0.25) is 5.91 Å². The van der Waals surface area contributed by atoms with Crippen LogP contribution in [-0.2, 0) is 10.2 Å². The third-order valence-electron chi connectivity index (χ3n) is 4.12. The molecule has 1 fully saturated rings. The Balaban J connectivity index is 2.23. The first-order chi connectivity index (χ1) is 9.69. The highest BCUT2D eigenvalue weighted by Crippen LogP contribution is 2.33. The second kappa shape index (κ2) is 6.71. The lowest BCUT2D eigenvalue weighted by atomic mass is 9.72. The Kier molecular flexibility index (Phi) is 4.96. The van der Waals surface area contributed by atoms with Crippen molar-refractivity contribution in [1.82, 2.24) is 10.6 Å². The van der Waals surface area contributed by atoms with Crippen LogP contribution in [0.5, 0.6) is 0 Å². The molecule has 0 radical (unpaired) electrons. The van der Waals surface area contributed by atoms with Crippen LogP contribution in [0.4, 0.5) is 0 Å². The summed E-state index contributed by atoms with van der Waals surface area (Å²) < 4.78 is 0. The molecule has 3 heteroatoms. The van der Waals surface area contributed by atoms with Crippen LogP contribution in [0, 0.1) is 0 Å². The zero-order valence-electron chi connectivity index (χ0n) is 12.2. The summed E-state index contributed by atoms with van der Waals surface area (Å²) in [7, 11) is 0. The predicted molar refractivity (Wildman–Crippen MR) is 82.6 cm³/mol. The van der Waals surface area contributed by atoms with Crippen LogP contribution in [0.25, 0.3) is 0 Å². The predicted octanol–water partition coefficient (Wildman–Crippen LogP) is 2.39. The minimum absolute atomic E-state index is 0.135. The Morgan fingerprint density at radius 3 is 2.65 bits per heavy atom. The molecule has 1 aliphatic heterocycles. The van der Waals surface area contributed by atoms with Crippen LogP contribution < -0.4 is 10.6 Å². The van der Waals surface area contributed by atoms with E-state index in [1.165, 1.54) is 0 Å². The molecule has 1 aromatic carbocycles. The van der Waals surface area contributed by atoms with Gasteiger partial charge in [-0.3, -0.25) is 4.79 Å². The molecule has 1 aromatic rings. The standard InChI is InChI=1S/C17H24N2O/c1-3-7-14(2)19-16(20)17(10-12-18-13-11-17)15-8-5-4-6-9-15/h3-6,8-9,14,18H,1,7,10-13H2,2H3,(H,19,20). The van der Waals surface area contributed by atoms with Gasteiger partial charge in [-0.1, -0.05) is 36.4 Å². The van der Waals surface area contributed by atoms with E-state index in [9.17, 15) is 4.79 Å². The number of hydrogen-bond acceptors (Lipinski definition) is 2. The van der Waals surface area contributed by atoms with Gasteiger partial charge in [-0.2, -0.15) is 0 Å². The molecule has 0 aliphatic carbocycles. The molecule has 0 bridgehead atoms. The van der Waals surface area contributed by atoms with Crippen molar-refractivity contribution >= 4 is 5.91 Å². The largest absolute Gasteiger partial charge is 0.353 e. The first-order valence-corrected chi connectivity index (χ1v) is 7.37. The molecule has 1 unspecified atom stereocenters. The number of carbonyl (C=O) groups excluding carboxylic acids is 1. The monoisotopic (exact) mass is 272 g/mol. The van der Waals surface area contributed by atoms with Crippen molar-refractivity contribution < 1.29 is 4.79 Å². The van der Waals surface area contributed by atoms with Crippen molar-refractivity contribution in [3.63, 3.8) is 0 Å². The lowest BCUT2D eigenvalue weighted by Crippen LogP contribution is -2.52. The fraction of sp³-hybridized carbons (Fsp3) is 0.471. The highest BCUT2D eigenvalue weighted by Gasteiger charge is 2.41. The fourth-order valence-electron chi connectivity index (χ4n) is 2.93. The lowest BCUT2D eigenvalue weighted by molar-refractivity contribution is -0.128. The molecular weight excluding hydrogens is 248 g/mol. The maximum atomic E-state index is 12.8. The van der Waals surface area contributed by atoms with Crippen LogP contribution in [0.3, 0.4) is 0 Å². The van der Waals surface area contributed by atoms with Gasteiger partial charge in [-0.15, -0.1) is 6.58 Å². The number of benzene rings is 1. The molecule has 2 rings (SSSR count). The van der Waals surface area contributed by atoms with Crippen molar-refractivity contribution in [1.29, 1.82) is 0 Å². The number of carbonyl (C=O) groups is 1. The minimum atomic E-state index is -0.387. The van der Waals surface area contributed by atoms with Crippen LogP contribution in [-0.4, -0.2) is 25.0 Å². The second-order valence-corrected chi connectivity index (χ2v) is 5.60. The summed E-state index contributed by atoms with van der Waals surface area (Å²) in [5.41, 5.74) is 0.742. The van der Waals surface area contributed by atoms with E-state index >= 15 is 0 Å². The summed E-state index contributed by atoms with van der Waals surface area (Å²) in [5.74, 6) is 0.152. The van der Waals surface area contributed by atoms with Gasteiger partial charge < -0.3 is 10.6 Å². The third-order valence-corrected chi connectivity index (χ3v) is 4.12. The third kappa shape index (κ3) is 3.10. The molecule has 1 amide bonds. The van der Waals surface area contributed by atoms with Crippen LogP contribution in [0.1, 0.15) is 31.7 Å². The quantitative estimate of drug-likeness (QED) is 0.808. The molecule has 1 heterocycles. The Morgan fingerprint density at radius 2 is 2.05 bits per heavy atom. The van der Waals surface area contributed by atoms with Gasteiger partial charge in [0.15, 0.2) is 0 Å². The Morgan fingerprint density at radius 1 is 1.40 bits per heavy atom. The van der Waals surface area contributed by atoms with E-state index in [-0.39, 0.29) is 17.4 Å². The molecule has 3 nitrogen and oxygen atoms in total. The summed E-state index contributed by atoms with van der Waals surface area (Å²) in [6.45, 7) is 7.54. The summed E-state index contributed by atoms with van der Waals surface area (Å²) in [5, 5.41) is 6.50.